The first-order valence-corrected chi connectivity index (χ1v) is 14.4. The Morgan fingerprint density at radius 3 is 2.32 bits per heavy atom. The Bertz CT molecular complexity index is 888. The molecule has 8 nitrogen and oxygen atoms in total. The van der Waals surface area contributed by atoms with Crippen LogP contribution in [0.3, 0.4) is 0 Å². The van der Waals surface area contributed by atoms with Crippen molar-refractivity contribution >= 4 is 24.2 Å². The number of aliphatic hydroxyl groups is 1. The van der Waals surface area contributed by atoms with Crippen LogP contribution in [-0.2, 0) is 9.59 Å². The molecular weight excluding hydrogens is 490 g/mol. The lowest BCUT2D eigenvalue weighted by molar-refractivity contribution is -0.166. The number of carbonyl (C=O) groups excluding carboxylic acids is 2. The molecule has 3 heterocycles. The molecule has 2 amide bonds. The molecule has 1 aliphatic carbocycles. The molecule has 37 heavy (non-hydrogen) atoms. The summed E-state index contributed by atoms with van der Waals surface area (Å²) in [4.78, 5) is 32.0. The molecule has 210 valence electrons. The second-order valence-corrected chi connectivity index (χ2v) is 11.4. The van der Waals surface area contributed by atoms with Crippen LogP contribution in [0.2, 0.25) is 0 Å². The van der Waals surface area contributed by atoms with Gasteiger partial charge < -0.3 is 15.3 Å². The lowest BCUT2D eigenvalue weighted by Gasteiger charge is -2.53. The first-order chi connectivity index (χ1) is 17.3. The summed E-state index contributed by atoms with van der Waals surface area (Å²) in [5.74, 6) is -0.0604. The topological polar surface area (TPSA) is 102 Å². The van der Waals surface area contributed by atoms with Crippen LogP contribution in [0.15, 0.2) is 0 Å². The van der Waals surface area contributed by atoms with Crippen LogP contribution in [0.25, 0.3) is 0 Å². The molecule has 1 unspecified atom stereocenters. The molecule has 9 heteroatoms. The standard InChI is InChI=1S/C28H47N5O3.ClH/c1-5-7-16-33-26(35)24(25(34)21-12-9-8-10-13-21)29-27(36)28(33)14-17-32(18-15-28)22(11-6-2)23-19(3)30-31-20(23)4;/h21-22,24-25,34H,5-18H2,1-4H3,(H,29,36)(H,30,31);1H/t22?,24-,25-;/m1./s1. The van der Waals surface area contributed by atoms with Gasteiger partial charge in [0.25, 0.3) is 0 Å². The van der Waals surface area contributed by atoms with Gasteiger partial charge in [-0.15, -0.1) is 12.4 Å². The zero-order valence-electron chi connectivity index (χ0n) is 23.2. The van der Waals surface area contributed by atoms with Crippen molar-refractivity contribution in [3.8, 4) is 0 Å². The highest BCUT2D eigenvalue weighted by molar-refractivity contribution is 6.00. The smallest absolute Gasteiger partial charge is 0.248 e. The Balaban J connectivity index is 0.00000380. The maximum atomic E-state index is 13.9. The number of halogens is 1. The van der Waals surface area contributed by atoms with Gasteiger partial charge in [0.05, 0.1) is 11.8 Å². The molecular formula is C28H48ClN5O3. The van der Waals surface area contributed by atoms with Gasteiger partial charge in [-0.05, 0) is 58.3 Å². The van der Waals surface area contributed by atoms with E-state index < -0.39 is 17.7 Å². The first-order valence-electron chi connectivity index (χ1n) is 14.4. The number of aryl methyl sites for hydroxylation is 2. The van der Waals surface area contributed by atoms with Crippen molar-refractivity contribution in [3.05, 3.63) is 17.0 Å². The number of aromatic amines is 1. The van der Waals surface area contributed by atoms with Gasteiger partial charge in [-0.3, -0.25) is 19.6 Å². The number of unbranched alkanes of at least 4 members (excludes halogenated alkanes) is 1. The van der Waals surface area contributed by atoms with E-state index in [9.17, 15) is 14.7 Å². The van der Waals surface area contributed by atoms with Crippen LogP contribution in [-0.4, -0.2) is 74.2 Å². The maximum Gasteiger partial charge on any atom is 0.248 e. The predicted molar refractivity (Wildman–Crippen MR) is 148 cm³/mol. The van der Waals surface area contributed by atoms with Crippen molar-refractivity contribution in [2.45, 2.75) is 122 Å². The molecule has 1 aromatic heterocycles. The van der Waals surface area contributed by atoms with E-state index in [2.05, 4.69) is 48.1 Å². The van der Waals surface area contributed by atoms with Gasteiger partial charge in [-0.25, -0.2) is 0 Å². The molecule has 3 N–H and O–H groups in total. The minimum Gasteiger partial charge on any atom is -0.390 e. The number of hydrogen-bond donors (Lipinski definition) is 3. The Hall–Kier alpha value is -1.64. The largest absolute Gasteiger partial charge is 0.390 e. The van der Waals surface area contributed by atoms with E-state index in [1.165, 1.54) is 12.0 Å². The fourth-order valence-electron chi connectivity index (χ4n) is 6.99. The highest BCUT2D eigenvalue weighted by Gasteiger charge is 2.55. The van der Waals surface area contributed by atoms with Crippen LogP contribution in [0.4, 0.5) is 0 Å². The summed E-state index contributed by atoms with van der Waals surface area (Å²) >= 11 is 0. The van der Waals surface area contributed by atoms with E-state index in [-0.39, 0.29) is 36.2 Å². The van der Waals surface area contributed by atoms with E-state index in [0.717, 1.165) is 75.8 Å². The Labute approximate surface area is 228 Å². The molecule has 0 aromatic carbocycles. The maximum absolute atomic E-state index is 13.9. The molecule has 3 fully saturated rings. The average molecular weight is 538 g/mol. The molecule has 1 spiro atoms. The highest BCUT2D eigenvalue weighted by atomic mass is 35.5. The number of carbonyl (C=O) groups is 2. The van der Waals surface area contributed by atoms with E-state index in [0.29, 0.717) is 19.4 Å². The fourth-order valence-corrected chi connectivity index (χ4v) is 6.99. The molecule has 2 saturated heterocycles. The molecule has 1 aromatic rings. The first kappa shape index (κ1) is 29.9. The van der Waals surface area contributed by atoms with Crippen molar-refractivity contribution < 1.29 is 14.7 Å². The number of H-pyrrole nitrogens is 1. The number of hydrogen-bond acceptors (Lipinski definition) is 5. The summed E-state index contributed by atoms with van der Waals surface area (Å²) in [7, 11) is 0. The van der Waals surface area contributed by atoms with Gasteiger partial charge in [0.1, 0.15) is 11.6 Å². The van der Waals surface area contributed by atoms with Crippen molar-refractivity contribution in [1.29, 1.82) is 0 Å². The minimum absolute atomic E-state index is 0. The van der Waals surface area contributed by atoms with Gasteiger partial charge in [-0.1, -0.05) is 46.0 Å². The quantitative estimate of drug-likeness (QED) is 0.438. The molecule has 3 aliphatic rings. The van der Waals surface area contributed by atoms with Crippen molar-refractivity contribution in [1.82, 2.24) is 25.3 Å². The van der Waals surface area contributed by atoms with Crippen molar-refractivity contribution in [3.63, 3.8) is 0 Å². The van der Waals surface area contributed by atoms with Gasteiger partial charge in [0.2, 0.25) is 11.8 Å². The van der Waals surface area contributed by atoms with Crippen molar-refractivity contribution in [2.24, 2.45) is 5.92 Å². The van der Waals surface area contributed by atoms with Crippen LogP contribution in [0, 0.1) is 19.8 Å². The third kappa shape index (κ3) is 5.86. The van der Waals surface area contributed by atoms with Crippen LogP contribution in [0.1, 0.15) is 107 Å². The Morgan fingerprint density at radius 2 is 1.76 bits per heavy atom. The Morgan fingerprint density at radius 1 is 1.08 bits per heavy atom. The molecule has 2 aliphatic heterocycles. The molecule has 4 rings (SSSR count). The van der Waals surface area contributed by atoms with E-state index in [4.69, 9.17) is 0 Å². The van der Waals surface area contributed by atoms with E-state index in [1.807, 2.05) is 4.90 Å². The van der Waals surface area contributed by atoms with Gasteiger partial charge >= 0.3 is 0 Å². The zero-order valence-corrected chi connectivity index (χ0v) is 24.0. The van der Waals surface area contributed by atoms with E-state index >= 15 is 0 Å². The average Bonchev–Trinajstić information content (AvgIpc) is 3.23. The summed E-state index contributed by atoms with van der Waals surface area (Å²) in [5.41, 5.74) is 2.61. The van der Waals surface area contributed by atoms with Crippen LogP contribution >= 0.6 is 12.4 Å². The van der Waals surface area contributed by atoms with Crippen LogP contribution < -0.4 is 5.32 Å². The molecule has 0 radical (unpaired) electrons. The minimum atomic E-state index is -0.817. The lowest BCUT2D eigenvalue weighted by atomic mass is 9.77. The Kier molecular flexibility index (Phi) is 10.5. The lowest BCUT2D eigenvalue weighted by Crippen LogP contribution is -2.75. The number of amides is 2. The van der Waals surface area contributed by atoms with E-state index in [1.54, 1.807) is 0 Å². The normalized spacial score (nSPS) is 24.6. The number of likely N-dealkylation sites (tertiary alicyclic amines) is 1. The summed E-state index contributed by atoms with van der Waals surface area (Å²) in [6.07, 6.45) is 9.60. The van der Waals surface area contributed by atoms with Gasteiger partial charge in [-0.2, -0.15) is 5.10 Å². The SMILES string of the molecule is CCCCN1C(=O)[C@@H]([C@H](O)C2CCCCC2)NC(=O)C12CCN(C(CCC)c1c(C)n[nH]c1C)CC2.Cl. The third-order valence-corrected chi connectivity index (χ3v) is 9.11. The van der Waals surface area contributed by atoms with Gasteiger partial charge in [0, 0.05) is 36.9 Å². The number of rotatable bonds is 9. The molecule has 0 bridgehead atoms. The van der Waals surface area contributed by atoms with Gasteiger partial charge in [0.15, 0.2) is 0 Å². The fraction of sp³-hybridized carbons (Fsp3) is 0.821. The molecule has 3 atom stereocenters. The number of nitrogens with zero attached hydrogens (tertiary/aromatic N) is 3. The summed E-state index contributed by atoms with van der Waals surface area (Å²) in [6.45, 7) is 10.6. The monoisotopic (exact) mass is 537 g/mol. The summed E-state index contributed by atoms with van der Waals surface area (Å²) in [5, 5.41) is 21.8. The number of piperazine rings is 1. The second kappa shape index (κ2) is 12.9. The summed E-state index contributed by atoms with van der Waals surface area (Å²) < 4.78 is 0. The summed E-state index contributed by atoms with van der Waals surface area (Å²) in [6, 6.07) is -0.552. The number of piperidine rings is 1. The second-order valence-electron chi connectivity index (χ2n) is 11.4. The van der Waals surface area contributed by atoms with Crippen molar-refractivity contribution in [2.75, 3.05) is 19.6 Å². The number of aromatic nitrogens is 2. The van der Waals surface area contributed by atoms with Crippen LogP contribution in [0.5, 0.6) is 0 Å². The predicted octanol–water partition coefficient (Wildman–Crippen LogP) is 4.19. The number of nitrogens with one attached hydrogen (secondary N) is 2. The highest BCUT2D eigenvalue weighted by Crippen LogP contribution is 2.39. The zero-order chi connectivity index (χ0) is 25.9. The number of aliphatic hydroxyl groups excluding tert-OH is 1. The third-order valence-electron chi connectivity index (χ3n) is 9.11. The molecule has 1 saturated carbocycles.